The number of benzene rings is 2. The van der Waals surface area contributed by atoms with E-state index in [2.05, 4.69) is 31.9 Å². The Kier molecular flexibility index (Phi) is 6.29. The maximum absolute atomic E-state index is 12.6. The van der Waals surface area contributed by atoms with Gasteiger partial charge < -0.3 is 19.5 Å². The number of carbonyl (C=O) groups excluding carboxylic acids is 1. The predicted octanol–water partition coefficient (Wildman–Crippen LogP) is 3.41. The summed E-state index contributed by atoms with van der Waals surface area (Å²) in [7, 11) is 1.62. The van der Waals surface area contributed by atoms with Gasteiger partial charge in [-0.3, -0.25) is 4.90 Å². The number of rotatable bonds is 6. The van der Waals surface area contributed by atoms with Crippen LogP contribution < -0.4 is 10.1 Å². The summed E-state index contributed by atoms with van der Waals surface area (Å²) in [5.41, 5.74) is 1.87. The standard InChI is InChI=1S/C23H27N5O2/c1-30-21-9-5-8-20(18-21)25-23(29)28-16-13-26(14-17-28)12-15-27-11-10-24-22(27)19-6-3-2-4-7-19/h2-11,18H,12-17H2,1H3,(H,25,29). The summed E-state index contributed by atoms with van der Waals surface area (Å²) >= 11 is 0. The summed E-state index contributed by atoms with van der Waals surface area (Å²) in [5.74, 6) is 1.72. The van der Waals surface area contributed by atoms with Gasteiger partial charge in [0.05, 0.1) is 7.11 Å². The van der Waals surface area contributed by atoms with Gasteiger partial charge in [0.2, 0.25) is 0 Å². The van der Waals surface area contributed by atoms with Gasteiger partial charge in [0.1, 0.15) is 11.6 Å². The van der Waals surface area contributed by atoms with Crippen molar-refractivity contribution in [1.29, 1.82) is 0 Å². The molecule has 156 valence electrons. The molecule has 7 nitrogen and oxygen atoms in total. The van der Waals surface area contributed by atoms with Crippen LogP contribution in [0.25, 0.3) is 11.4 Å². The summed E-state index contributed by atoms with van der Waals surface area (Å²) in [6.45, 7) is 4.96. The van der Waals surface area contributed by atoms with Crippen molar-refractivity contribution in [3.05, 3.63) is 67.0 Å². The van der Waals surface area contributed by atoms with Crippen molar-refractivity contribution in [2.45, 2.75) is 6.54 Å². The molecular formula is C23H27N5O2. The molecule has 0 bridgehead atoms. The highest BCUT2D eigenvalue weighted by Gasteiger charge is 2.21. The van der Waals surface area contributed by atoms with Crippen molar-refractivity contribution in [2.24, 2.45) is 0 Å². The van der Waals surface area contributed by atoms with Crippen LogP contribution in [-0.2, 0) is 6.54 Å². The zero-order valence-corrected chi connectivity index (χ0v) is 17.2. The summed E-state index contributed by atoms with van der Waals surface area (Å²) in [6, 6.07) is 17.6. The number of methoxy groups -OCH3 is 1. The van der Waals surface area contributed by atoms with Gasteiger partial charge >= 0.3 is 6.03 Å². The summed E-state index contributed by atoms with van der Waals surface area (Å²) in [4.78, 5) is 21.3. The fourth-order valence-corrected chi connectivity index (χ4v) is 3.66. The van der Waals surface area contributed by atoms with Crippen LogP contribution in [0.5, 0.6) is 5.75 Å². The molecule has 3 aromatic rings. The third kappa shape index (κ3) is 4.80. The Morgan fingerprint density at radius 3 is 2.60 bits per heavy atom. The van der Waals surface area contributed by atoms with Crippen LogP contribution in [-0.4, -0.2) is 65.2 Å². The number of piperazine rings is 1. The molecule has 2 aromatic carbocycles. The average Bonchev–Trinajstić information content (AvgIpc) is 3.27. The molecule has 7 heteroatoms. The van der Waals surface area contributed by atoms with Gasteiger partial charge in [0.15, 0.2) is 0 Å². The van der Waals surface area contributed by atoms with Crippen LogP contribution in [0.1, 0.15) is 0 Å². The molecular weight excluding hydrogens is 378 g/mol. The molecule has 2 heterocycles. The van der Waals surface area contributed by atoms with E-state index in [-0.39, 0.29) is 6.03 Å². The fraction of sp³-hybridized carbons (Fsp3) is 0.304. The first-order chi connectivity index (χ1) is 14.7. The Hall–Kier alpha value is -3.32. The first-order valence-corrected chi connectivity index (χ1v) is 10.2. The number of nitrogens with zero attached hydrogens (tertiary/aromatic N) is 4. The maximum Gasteiger partial charge on any atom is 0.321 e. The Morgan fingerprint density at radius 2 is 1.83 bits per heavy atom. The highest BCUT2D eigenvalue weighted by atomic mass is 16.5. The molecule has 30 heavy (non-hydrogen) atoms. The van der Waals surface area contributed by atoms with E-state index in [0.717, 1.165) is 49.0 Å². The Balaban J connectivity index is 1.26. The predicted molar refractivity (Wildman–Crippen MR) is 118 cm³/mol. The van der Waals surface area contributed by atoms with Crippen LogP contribution >= 0.6 is 0 Å². The topological polar surface area (TPSA) is 62.6 Å². The Bertz CT molecular complexity index is 964. The maximum atomic E-state index is 12.6. The fourth-order valence-electron chi connectivity index (χ4n) is 3.66. The molecule has 4 rings (SSSR count). The molecule has 0 atom stereocenters. The van der Waals surface area contributed by atoms with Crippen LogP contribution in [0.4, 0.5) is 10.5 Å². The number of imidazole rings is 1. The molecule has 1 N–H and O–H groups in total. The highest BCUT2D eigenvalue weighted by Crippen LogP contribution is 2.18. The van der Waals surface area contributed by atoms with Gasteiger partial charge in [-0.05, 0) is 12.1 Å². The second-order valence-corrected chi connectivity index (χ2v) is 7.30. The van der Waals surface area contributed by atoms with E-state index in [1.165, 1.54) is 0 Å². The lowest BCUT2D eigenvalue weighted by Crippen LogP contribution is -2.50. The Morgan fingerprint density at radius 1 is 1.03 bits per heavy atom. The van der Waals surface area contributed by atoms with E-state index in [4.69, 9.17) is 4.74 Å². The van der Waals surface area contributed by atoms with Crippen molar-refractivity contribution in [1.82, 2.24) is 19.4 Å². The summed E-state index contributed by atoms with van der Waals surface area (Å²) in [6.07, 6.45) is 3.88. The van der Waals surface area contributed by atoms with E-state index >= 15 is 0 Å². The van der Waals surface area contributed by atoms with Crippen molar-refractivity contribution in [3.63, 3.8) is 0 Å². The van der Waals surface area contributed by atoms with Crippen LogP contribution in [0.2, 0.25) is 0 Å². The SMILES string of the molecule is COc1cccc(NC(=O)N2CCN(CCn3ccnc3-c3ccccc3)CC2)c1. The largest absolute Gasteiger partial charge is 0.497 e. The Labute approximate surface area is 176 Å². The minimum atomic E-state index is -0.0659. The molecule has 0 saturated carbocycles. The molecule has 1 aliphatic rings. The minimum Gasteiger partial charge on any atom is -0.497 e. The van der Waals surface area contributed by atoms with E-state index in [0.29, 0.717) is 13.1 Å². The van der Waals surface area contributed by atoms with Crippen LogP contribution in [0.15, 0.2) is 67.0 Å². The molecule has 0 spiro atoms. The number of nitrogens with one attached hydrogen (secondary N) is 1. The number of hydrogen-bond acceptors (Lipinski definition) is 4. The van der Waals surface area contributed by atoms with Gasteiger partial charge in [-0.2, -0.15) is 0 Å². The molecule has 0 unspecified atom stereocenters. The molecule has 1 aromatic heterocycles. The van der Waals surface area contributed by atoms with Crippen molar-refractivity contribution < 1.29 is 9.53 Å². The van der Waals surface area contributed by atoms with E-state index in [1.54, 1.807) is 7.11 Å². The number of carbonyl (C=O) groups is 1. The van der Waals surface area contributed by atoms with Crippen molar-refractivity contribution in [3.8, 4) is 17.1 Å². The second kappa shape index (κ2) is 9.45. The average molecular weight is 406 g/mol. The molecule has 0 aliphatic carbocycles. The monoisotopic (exact) mass is 405 g/mol. The summed E-state index contributed by atoms with van der Waals surface area (Å²) in [5, 5.41) is 2.96. The van der Waals surface area contributed by atoms with Gasteiger partial charge in [0, 0.05) is 69.0 Å². The molecule has 1 fully saturated rings. The molecule has 2 amide bonds. The second-order valence-electron chi connectivity index (χ2n) is 7.30. The van der Waals surface area contributed by atoms with Crippen molar-refractivity contribution in [2.75, 3.05) is 45.2 Å². The number of ether oxygens (including phenoxy) is 1. The molecule has 0 radical (unpaired) electrons. The normalized spacial score (nSPS) is 14.5. The first kappa shape index (κ1) is 20.0. The zero-order valence-electron chi connectivity index (χ0n) is 17.2. The van der Waals surface area contributed by atoms with Gasteiger partial charge in [-0.15, -0.1) is 0 Å². The van der Waals surface area contributed by atoms with Gasteiger partial charge in [-0.25, -0.2) is 9.78 Å². The number of urea groups is 1. The number of amides is 2. The number of aromatic nitrogens is 2. The lowest BCUT2D eigenvalue weighted by molar-refractivity contribution is 0.144. The quantitative estimate of drug-likeness (QED) is 0.683. The molecule has 1 aliphatic heterocycles. The third-order valence-electron chi connectivity index (χ3n) is 5.39. The number of anilines is 1. The van der Waals surface area contributed by atoms with Gasteiger partial charge in [-0.1, -0.05) is 36.4 Å². The summed E-state index contributed by atoms with van der Waals surface area (Å²) < 4.78 is 7.40. The molecule has 1 saturated heterocycles. The lowest BCUT2D eigenvalue weighted by Gasteiger charge is -2.34. The minimum absolute atomic E-state index is 0.0659. The van der Waals surface area contributed by atoms with E-state index in [1.807, 2.05) is 59.8 Å². The third-order valence-corrected chi connectivity index (χ3v) is 5.39. The van der Waals surface area contributed by atoms with Crippen molar-refractivity contribution >= 4 is 11.7 Å². The van der Waals surface area contributed by atoms with E-state index < -0.39 is 0 Å². The smallest absolute Gasteiger partial charge is 0.321 e. The number of hydrogen-bond donors (Lipinski definition) is 1. The highest BCUT2D eigenvalue weighted by molar-refractivity contribution is 5.89. The first-order valence-electron chi connectivity index (χ1n) is 10.2. The van der Waals surface area contributed by atoms with Gasteiger partial charge in [0.25, 0.3) is 0 Å². The van der Waals surface area contributed by atoms with E-state index in [9.17, 15) is 4.79 Å². The lowest BCUT2D eigenvalue weighted by atomic mass is 10.2. The zero-order chi connectivity index (χ0) is 20.8. The van der Waals surface area contributed by atoms with Crippen LogP contribution in [0.3, 0.4) is 0 Å². The van der Waals surface area contributed by atoms with Crippen LogP contribution in [0, 0.1) is 0 Å².